The third kappa shape index (κ3) is 3.34. The van der Waals surface area contributed by atoms with Gasteiger partial charge in [0.2, 0.25) is 0 Å². The number of unbranched alkanes of at least 4 members (excludes halogenated alkanes) is 1. The molecule has 0 N–H and O–H groups in total. The Balaban J connectivity index is 2.33. The summed E-state index contributed by atoms with van der Waals surface area (Å²) in [5.74, 6) is 2.14. The van der Waals surface area contributed by atoms with Crippen LogP contribution >= 0.6 is 8.86 Å². The van der Waals surface area contributed by atoms with Crippen molar-refractivity contribution in [2.24, 2.45) is 0 Å². The quantitative estimate of drug-likeness (QED) is 0.475. The summed E-state index contributed by atoms with van der Waals surface area (Å²) in [6.45, 7) is 0. The van der Waals surface area contributed by atoms with Gasteiger partial charge in [-0.3, -0.25) is 0 Å². The molecule has 1 aromatic rings. The fourth-order valence-electron chi connectivity index (χ4n) is 1.07. The van der Waals surface area contributed by atoms with Crippen molar-refractivity contribution in [1.29, 1.82) is 0 Å². The monoisotopic (exact) mass is 165 g/mol. The zero-order chi connectivity index (χ0) is 7.94. The smallest absolute Gasteiger partial charge is 0.0622 e. The lowest BCUT2D eigenvalue weighted by molar-refractivity contribution is 0.878. The molecular formula is C10H14P+. The van der Waals surface area contributed by atoms with Gasteiger partial charge in [0.05, 0.1) is 14.7 Å². The molecule has 1 atom stereocenters. The molecule has 0 nitrogen and oxygen atoms in total. The number of hydrogen-bond donors (Lipinski definition) is 0. The summed E-state index contributed by atoms with van der Waals surface area (Å²) in [6.07, 6.45) is 3.65. The van der Waals surface area contributed by atoms with Gasteiger partial charge in [0.25, 0.3) is 0 Å². The fourth-order valence-corrected chi connectivity index (χ4v) is 1.30. The van der Waals surface area contributed by atoms with Crippen molar-refractivity contribution >= 4 is 14.7 Å². The molecule has 0 spiro atoms. The van der Waals surface area contributed by atoms with E-state index in [4.69, 9.17) is 0 Å². The largest absolute Gasteiger partial charge is 0.0803 e. The van der Waals surface area contributed by atoms with E-state index in [1.54, 1.807) is 0 Å². The molecule has 0 saturated carbocycles. The normalized spacial score (nSPS) is 9.45. The highest BCUT2D eigenvalue weighted by molar-refractivity contribution is 7.18. The van der Waals surface area contributed by atoms with Gasteiger partial charge < -0.3 is 0 Å². The molecule has 1 unspecified atom stereocenters. The lowest BCUT2D eigenvalue weighted by Gasteiger charge is -1.96. The third-order valence-electron chi connectivity index (χ3n) is 1.68. The predicted octanol–water partition coefficient (Wildman–Crippen LogP) is 2.69. The molecule has 1 heteroatoms. The Bertz CT molecular complexity index is 203. The topological polar surface area (TPSA) is 0 Å². The minimum absolute atomic E-state index is 1.19. The highest BCUT2D eigenvalue weighted by Crippen LogP contribution is 2.03. The minimum Gasteiger partial charge on any atom is -0.0622 e. The molecule has 1 rings (SSSR count). The van der Waals surface area contributed by atoms with E-state index < -0.39 is 0 Å². The van der Waals surface area contributed by atoms with Crippen LogP contribution < -0.4 is 0 Å². The standard InChI is InChI=1S/C10H13P/c11-9-5-4-8-10-6-2-1-3-7-10/h1-3,6-7,9,11H,4-5,8H2/p+1. The van der Waals surface area contributed by atoms with Crippen LogP contribution in [0, 0.1) is 0 Å². The summed E-state index contributed by atoms with van der Waals surface area (Å²) in [7, 11) is 2.64. The van der Waals surface area contributed by atoms with E-state index in [0.717, 1.165) is 0 Å². The third-order valence-corrected chi connectivity index (χ3v) is 2.01. The van der Waals surface area contributed by atoms with Crippen LogP contribution in [0.4, 0.5) is 0 Å². The van der Waals surface area contributed by atoms with Crippen LogP contribution in [0.25, 0.3) is 0 Å². The zero-order valence-corrected chi connectivity index (χ0v) is 7.82. The Morgan fingerprint density at radius 1 is 1.18 bits per heavy atom. The second-order valence-electron chi connectivity index (χ2n) is 2.61. The Morgan fingerprint density at radius 3 is 2.55 bits per heavy atom. The predicted molar refractivity (Wildman–Crippen MR) is 55.2 cm³/mol. The average molecular weight is 165 g/mol. The first-order chi connectivity index (χ1) is 5.43. The van der Waals surface area contributed by atoms with Gasteiger partial charge in [-0.05, 0) is 18.4 Å². The fraction of sp³-hybridized carbons (Fsp3) is 0.300. The van der Waals surface area contributed by atoms with Crippen LogP contribution in [0.5, 0.6) is 0 Å². The lowest BCUT2D eigenvalue weighted by atomic mass is 10.1. The highest BCUT2D eigenvalue weighted by Gasteiger charge is 1.89. The summed E-state index contributed by atoms with van der Waals surface area (Å²) >= 11 is 0. The van der Waals surface area contributed by atoms with E-state index in [9.17, 15) is 0 Å². The van der Waals surface area contributed by atoms with Gasteiger partial charge in [-0.25, -0.2) is 0 Å². The van der Waals surface area contributed by atoms with E-state index in [0.29, 0.717) is 0 Å². The van der Waals surface area contributed by atoms with E-state index in [1.807, 2.05) is 0 Å². The maximum Gasteiger partial charge on any atom is 0.0803 e. The molecule has 0 heterocycles. The first-order valence-electron chi connectivity index (χ1n) is 4.01. The van der Waals surface area contributed by atoms with Crippen LogP contribution in [0.15, 0.2) is 30.3 Å². The summed E-state index contributed by atoms with van der Waals surface area (Å²) in [5, 5.41) is 0. The van der Waals surface area contributed by atoms with Crippen molar-refractivity contribution in [1.82, 2.24) is 0 Å². The summed E-state index contributed by atoms with van der Waals surface area (Å²) < 4.78 is 0. The van der Waals surface area contributed by atoms with Gasteiger partial charge in [-0.2, -0.15) is 0 Å². The molecule has 0 saturated heterocycles. The van der Waals surface area contributed by atoms with E-state index in [1.165, 1.54) is 24.8 Å². The average Bonchev–Trinajstić information content (AvgIpc) is 2.07. The molecule has 58 valence electrons. The molecule has 0 aliphatic heterocycles. The Labute approximate surface area is 70.5 Å². The number of hydrogen-bond acceptors (Lipinski definition) is 0. The molecule has 1 aromatic carbocycles. The van der Waals surface area contributed by atoms with Crippen molar-refractivity contribution in [3.8, 4) is 0 Å². The van der Waals surface area contributed by atoms with Crippen LogP contribution in [0.1, 0.15) is 18.4 Å². The van der Waals surface area contributed by atoms with Crippen molar-refractivity contribution in [2.75, 3.05) is 0 Å². The maximum absolute atomic E-state index is 2.64. The van der Waals surface area contributed by atoms with Crippen molar-refractivity contribution < 1.29 is 0 Å². The van der Waals surface area contributed by atoms with Crippen molar-refractivity contribution in [3.05, 3.63) is 35.9 Å². The van der Waals surface area contributed by atoms with E-state index in [-0.39, 0.29) is 0 Å². The molecule has 0 fully saturated rings. The van der Waals surface area contributed by atoms with Crippen LogP contribution in [-0.2, 0) is 6.42 Å². The first kappa shape index (κ1) is 8.49. The molecule has 0 aromatic heterocycles. The molecule has 0 aliphatic carbocycles. The number of benzene rings is 1. The van der Waals surface area contributed by atoms with Gasteiger partial charge in [-0.15, -0.1) is 0 Å². The van der Waals surface area contributed by atoms with Crippen molar-refractivity contribution in [2.45, 2.75) is 19.3 Å². The van der Waals surface area contributed by atoms with E-state index in [2.05, 4.69) is 45.0 Å². The summed E-state index contributed by atoms with van der Waals surface area (Å²) in [5.41, 5.74) is 1.44. The number of aryl methyl sites for hydroxylation is 1. The van der Waals surface area contributed by atoms with Gasteiger partial charge in [0, 0.05) is 6.42 Å². The second-order valence-corrected chi connectivity index (χ2v) is 3.08. The van der Waals surface area contributed by atoms with Crippen molar-refractivity contribution in [3.63, 3.8) is 0 Å². The second kappa shape index (κ2) is 5.09. The molecule has 0 aliphatic rings. The van der Waals surface area contributed by atoms with E-state index >= 15 is 0 Å². The Hall–Kier alpha value is -0.610. The number of rotatable bonds is 4. The zero-order valence-electron chi connectivity index (χ0n) is 6.66. The van der Waals surface area contributed by atoms with Gasteiger partial charge in [0.15, 0.2) is 0 Å². The Morgan fingerprint density at radius 2 is 1.91 bits per heavy atom. The first-order valence-corrected chi connectivity index (χ1v) is 4.67. The molecular weight excluding hydrogens is 151 g/mol. The molecule has 11 heavy (non-hydrogen) atoms. The molecule has 0 radical (unpaired) electrons. The summed E-state index contributed by atoms with van der Waals surface area (Å²) in [6, 6.07) is 10.6. The van der Waals surface area contributed by atoms with Gasteiger partial charge in [-0.1, -0.05) is 30.3 Å². The molecule has 0 amide bonds. The Kier molecular flexibility index (Phi) is 3.93. The molecule has 0 bridgehead atoms. The minimum atomic E-state index is 1.19. The van der Waals surface area contributed by atoms with Crippen LogP contribution in [-0.4, -0.2) is 5.80 Å². The van der Waals surface area contributed by atoms with Gasteiger partial charge in [0.1, 0.15) is 0 Å². The van der Waals surface area contributed by atoms with Crippen LogP contribution in [0.2, 0.25) is 0 Å². The lowest BCUT2D eigenvalue weighted by Crippen LogP contribution is -1.83. The SMILES string of the molecule is [PH2+]=CCCCc1ccccc1. The summed E-state index contributed by atoms with van der Waals surface area (Å²) in [4.78, 5) is 0. The van der Waals surface area contributed by atoms with Crippen LogP contribution in [0.3, 0.4) is 0 Å². The maximum atomic E-state index is 2.64. The van der Waals surface area contributed by atoms with Gasteiger partial charge >= 0.3 is 0 Å². The highest BCUT2D eigenvalue weighted by atomic mass is 31.0.